The maximum atomic E-state index is 5.77. The Hall–Kier alpha value is -1.36. The molecule has 0 saturated heterocycles. The molecule has 0 fully saturated rings. The molecule has 0 aliphatic carbocycles. The second-order valence-electron chi connectivity index (χ2n) is 5.30. The molecule has 20 heavy (non-hydrogen) atoms. The van der Waals surface area contributed by atoms with Crippen LogP contribution in [0.15, 0.2) is 35.7 Å². The number of hydrazine groups is 1. The summed E-state index contributed by atoms with van der Waals surface area (Å²) in [7, 11) is 1.69. The summed E-state index contributed by atoms with van der Waals surface area (Å²) >= 11 is 1.65. The Bertz CT molecular complexity index is 551. The van der Waals surface area contributed by atoms with Gasteiger partial charge in [-0.05, 0) is 34.9 Å². The summed E-state index contributed by atoms with van der Waals surface area (Å²) in [6, 6.07) is 10.5. The highest BCUT2D eigenvalue weighted by atomic mass is 32.1. The van der Waals surface area contributed by atoms with E-state index in [1.807, 2.05) is 11.4 Å². The van der Waals surface area contributed by atoms with Gasteiger partial charge in [-0.15, -0.1) is 11.3 Å². The molecule has 3 N–H and O–H groups in total. The molecular weight excluding hydrogens is 268 g/mol. The van der Waals surface area contributed by atoms with Crippen molar-refractivity contribution in [3.05, 3.63) is 51.7 Å². The highest BCUT2D eigenvalue weighted by Crippen LogP contribution is 2.34. The molecule has 1 heterocycles. The average Bonchev–Trinajstić information content (AvgIpc) is 2.87. The third-order valence-corrected chi connectivity index (χ3v) is 4.20. The van der Waals surface area contributed by atoms with Crippen LogP contribution in [-0.4, -0.2) is 7.11 Å². The first kappa shape index (κ1) is 15.0. The van der Waals surface area contributed by atoms with Crippen LogP contribution in [0.2, 0.25) is 0 Å². The van der Waals surface area contributed by atoms with Gasteiger partial charge < -0.3 is 4.74 Å². The number of ether oxygens (including phenoxy) is 1. The molecule has 0 amide bonds. The lowest BCUT2D eigenvalue weighted by molar-refractivity contribution is 0.408. The molecule has 0 saturated carbocycles. The van der Waals surface area contributed by atoms with E-state index in [9.17, 15) is 0 Å². The zero-order valence-electron chi connectivity index (χ0n) is 12.2. The Morgan fingerprint density at radius 2 is 2.10 bits per heavy atom. The lowest BCUT2D eigenvalue weighted by Crippen LogP contribution is -2.28. The monoisotopic (exact) mass is 290 g/mol. The predicted octanol–water partition coefficient (Wildman–Crippen LogP) is 3.51. The molecule has 4 heteroatoms. The molecule has 108 valence electrons. The first-order valence-corrected chi connectivity index (χ1v) is 7.70. The minimum atomic E-state index is -0.0305. The van der Waals surface area contributed by atoms with Gasteiger partial charge in [-0.25, -0.2) is 5.43 Å². The smallest absolute Gasteiger partial charge is 0.134 e. The number of nitrogens with two attached hydrogens (primary N) is 1. The van der Waals surface area contributed by atoms with Crippen LogP contribution in [0, 0.1) is 5.92 Å². The second-order valence-corrected chi connectivity index (χ2v) is 6.24. The molecule has 1 atom stereocenters. The van der Waals surface area contributed by atoms with E-state index < -0.39 is 0 Å². The van der Waals surface area contributed by atoms with Gasteiger partial charge in [-0.1, -0.05) is 38.1 Å². The minimum Gasteiger partial charge on any atom is -0.496 e. The van der Waals surface area contributed by atoms with Crippen LogP contribution >= 0.6 is 11.3 Å². The molecule has 0 spiro atoms. The zero-order valence-corrected chi connectivity index (χ0v) is 13.0. The van der Waals surface area contributed by atoms with Crippen molar-refractivity contribution < 1.29 is 4.74 Å². The van der Waals surface area contributed by atoms with Crippen LogP contribution in [0.4, 0.5) is 0 Å². The highest BCUT2D eigenvalue weighted by molar-refractivity contribution is 7.10. The SMILES string of the molecule is COc1ccsc1C(NN)c1cccc(CC(C)C)c1. The van der Waals surface area contributed by atoms with E-state index in [1.54, 1.807) is 18.4 Å². The van der Waals surface area contributed by atoms with E-state index >= 15 is 0 Å². The first-order valence-electron chi connectivity index (χ1n) is 6.82. The van der Waals surface area contributed by atoms with Crippen LogP contribution in [0.25, 0.3) is 0 Å². The number of nitrogens with one attached hydrogen (secondary N) is 1. The van der Waals surface area contributed by atoms with Gasteiger partial charge in [0.15, 0.2) is 0 Å². The lowest BCUT2D eigenvalue weighted by Gasteiger charge is -2.17. The minimum absolute atomic E-state index is 0.0305. The van der Waals surface area contributed by atoms with E-state index in [2.05, 4.69) is 43.5 Å². The fourth-order valence-electron chi connectivity index (χ4n) is 2.38. The molecule has 2 aromatic rings. The molecule has 0 bridgehead atoms. The summed E-state index contributed by atoms with van der Waals surface area (Å²) in [6.45, 7) is 4.46. The summed E-state index contributed by atoms with van der Waals surface area (Å²) in [5, 5.41) is 2.02. The van der Waals surface area contributed by atoms with Crippen molar-refractivity contribution in [3.63, 3.8) is 0 Å². The fraction of sp³-hybridized carbons (Fsp3) is 0.375. The Labute approximate surface area is 124 Å². The maximum absolute atomic E-state index is 5.77. The van der Waals surface area contributed by atoms with Gasteiger partial charge in [0.2, 0.25) is 0 Å². The zero-order chi connectivity index (χ0) is 14.5. The average molecular weight is 290 g/mol. The van der Waals surface area contributed by atoms with Crippen LogP contribution in [0.3, 0.4) is 0 Å². The van der Waals surface area contributed by atoms with E-state index in [4.69, 9.17) is 10.6 Å². The van der Waals surface area contributed by atoms with Crippen molar-refractivity contribution in [2.75, 3.05) is 7.11 Å². The topological polar surface area (TPSA) is 47.3 Å². The number of hydrogen-bond donors (Lipinski definition) is 2. The third kappa shape index (κ3) is 3.39. The van der Waals surface area contributed by atoms with Gasteiger partial charge >= 0.3 is 0 Å². The van der Waals surface area contributed by atoms with E-state index in [0.717, 1.165) is 17.0 Å². The number of methoxy groups -OCH3 is 1. The lowest BCUT2D eigenvalue weighted by atomic mass is 9.97. The van der Waals surface area contributed by atoms with Crippen molar-refractivity contribution in [2.45, 2.75) is 26.3 Å². The van der Waals surface area contributed by atoms with E-state index in [1.165, 1.54) is 11.1 Å². The Morgan fingerprint density at radius 3 is 2.75 bits per heavy atom. The molecule has 2 rings (SSSR count). The Kier molecular flexibility index (Phi) is 5.17. The molecular formula is C16H22N2OS. The van der Waals surface area contributed by atoms with Crippen LogP contribution < -0.4 is 16.0 Å². The fourth-order valence-corrected chi connectivity index (χ4v) is 3.33. The molecule has 0 aliphatic rings. The summed E-state index contributed by atoms with van der Waals surface area (Å²) < 4.78 is 5.40. The predicted molar refractivity (Wildman–Crippen MR) is 85.0 cm³/mol. The van der Waals surface area contributed by atoms with E-state index in [-0.39, 0.29) is 6.04 Å². The van der Waals surface area contributed by atoms with Crippen molar-refractivity contribution in [2.24, 2.45) is 11.8 Å². The first-order chi connectivity index (χ1) is 9.65. The molecule has 0 radical (unpaired) electrons. The van der Waals surface area contributed by atoms with Crippen molar-refractivity contribution in [3.8, 4) is 5.75 Å². The van der Waals surface area contributed by atoms with Gasteiger partial charge in [0, 0.05) is 0 Å². The molecule has 1 aromatic heterocycles. The van der Waals surface area contributed by atoms with Crippen LogP contribution in [-0.2, 0) is 6.42 Å². The summed E-state index contributed by atoms with van der Waals surface area (Å²) in [6.07, 6.45) is 1.08. The van der Waals surface area contributed by atoms with Crippen molar-refractivity contribution in [1.82, 2.24) is 5.43 Å². The van der Waals surface area contributed by atoms with Crippen molar-refractivity contribution >= 4 is 11.3 Å². The Morgan fingerprint density at radius 1 is 1.30 bits per heavy atom. The van der Waals surface area contributed by atoms with Gasteiger partial charge in [-0.2, -0.15) is 0 Å². The standard InChI is InChI=1S/C16H22N2OS/c1-11(2)9-12-5-4-6-13(10-12)15(18-17)16-14(19-3)7-8-20-16/h4-8,10-11,15,18H,9,17H2,1-3H3. The highest BCUT2D eigenvalue weighted by Gasteiger charge is 2.18. The molecule has 3 nitrogen and oxygen atoms in total. The summed E-state index contributed by atoms with van der Waals surface area (Å²) in [4.78, 5) is 1.11. The normalized spacial score (nSPS) is 12.7. The summed E-state index contributed by atoms with van der Waals surface area (Å²) in [5.74, 6) is 7.30. The molecule has 0 aliphatic heterocycles. The van der Waals surface area contributed by atoms with Crippen molar-refractivity contribution in [1.29, 1.82) is 0 Å². The van der Waals surface area contributed by atoms with Gasteiger partial charge in [0.1, 0.15) is 5.75 Å². The number of benzene rings is 1. The van der Waals surface area contributed by atoms with Crippen LogP contribution in [0.5, 0.6) is 5.75 Å². The maximum Gasteiger partial charge on any atom is 0.134 e. The molecule has 1 unspecified atom stereocenters. The second kappa shape index (κ2) is 6.88. The number of thiophene rings is 1. The number of hydrogen-bond acceptors (Lipinski definition) is 4. The largest absolute Gasteiger partial charge is 0.496 e. The Balaban J connectivity index is 2.32. The summed E-state index contributed by atoms with van der Waals surface area (Å²) in [5.41, 5.74) is 5.42. The number of rotatable bonds is 6. The van der Waals surface area contributed by atoms with Gasteiger partial charge in [0.05, 0.1) is 18.0 Å². The van der Waals surface area contributed by atoms with Crippen LogP contribution in [0.1, 0.15) is 35.9 Å². The molecule has 1 aromatic carbocycles. The quantitative estimate of drug-likeness (QED) is 0.632. The third-order valence-electron chi connectivity index (χ3n) is 3.23. The van der Waals surface area contributed by atoms with Gasteiger partial charge in [0.25, 0.3) is 0 Å². The van der Waals surface area contributed by atoms with E-state index in [0.29, 0.717) is 5.92 Å². The van der Waals surface area contributed by atoms with Gasteiger partial charge in [-0.3, -0.25) is 5.84 Å².